The zero-order valence-corrected chi connectivity index (χ0v) is 18.7. The second kappa shape index (κ2) is 10.3. The number of nitrogens with zero attached hydrogens (tertiary/aromatic N) is 1. The lowest BCUT2D eigenvalue weighted by Crippen LogP contribution is -2.39. The van der Waals surface area contributed by atoms with Gasteiger partial charge in [-0.3, -0.25) is 9.59 Å². The molecule has 6 nitrogen and oxygen atoms in total. The first kappa shape index (κ1) is 22.6. The van der Waals surface area contributed by atoms with E-state index in [0.29, 0.717) is 43.6 Å². The first-order chi connectivity index (χ1) is 16.0. The fraction of sp³-hybridized carbons (Fsp3) is 0.259. The van der Waals surface area contributed by atoms with Crippen LogP contribution in [0.2, 0.25) is 0 Å². The van der Waals surface area contributed by atoms with E-state index in [9.17, 15) is 14.7 Å². The van der Waals surface area contributed by atoms with E-state index in [1.54, 1.807) is 36.3 Å². The third-order valence-electron chi connectivity index (χ3n) is 5.98. The molecule has 0 radical (unpaired) electrons. The number of methoxy groups -OCH3 is 1. The Bertz CT molecular complexity index is 1130. The van der Waals surface area contributed by atoms with Gasteiger partial charge in [-0.25, -0.2) is 0 Å². The molecule has 1 atom stereocenters. The number of aliphatic hydroxyl groups is 1. The fourth-order valence-electron chi connectivity index (χ4n) is 4.15. The molecular formula is C27H28N2O4. The Kier molecular flexibility index (Phi) is 7.05. The minimum absolute atomic E-state index is 0.0795. The van der Waals surface area contributed by atoms with Crippen LogP contribution in [0.1, 0.15) is 34.8 Å². The number of amides is 2. The van der Waals surface area contributed by atoms with Crippen molar-refractivity contribution in [1.29, 1.82) is 0 Å². The van der Waals surface area contributed by atoms with Crippen molar-refractivity contribution in [2.45, 2.75) is 31.9 Å². The highest BCUT2D eigenvalue weighted by atomic mass is 16.5. The van der Waals surface area contributed by atoms with Crippen LogP contribution in [0.4, 0.5) is 5.69 Å². The van der Waals surface area contributed by atoms with E-state index >= 15 is 0 Å². The zero-order chi connectivity index (χ0) is 23.2. The third-order valence-corrected chi connectivity index (χ3v) is 5.98. The largest absolute Gasteiger partial charge is 0.496 e. The number of rotatable bonds is 7. The summed E-state index contributed by atoms with van der Waals surface area (Å²) >= 11 is 0. The van der Waals surface area contributed by atoms with Crippen LogP contribution in [0.5, 0.6) is 5.75 Å². The van der Waals surface area contributed by atoms with Gasteiger partial charge in [0.2, 0.25) is 5.91 Å². The highest BCUT2D eigenvalue weighted by Crippen LogP contribution is 2.26. The molecule has 3 aromatic rings. The molecule has 3 aromatic carbocycles. The van der Waals surface area contributed by atoms with Gasteiger partial charge < -0.3 is 20.1 Å². The average Bonchev–Trinajstić information content (AvgIpc) is 2.86. The summed E-state index contributed by atoms with van der Waals surface area (Å²) < 4.78 is 5.35. The number of hydrogen-bond acceptors (Lipinski definition) is 4. The van der Waals surface area contributed by atoms with Crippen molar-refractivity contribution in [3.8, 4) is 5.75 Å². The van der Waals surface area contributed by atoms with E-state index in [2.05, 4.69) is 5.32 Å². The highest BCUT2D eigenvalue weighted by molar-refractivity contribution is 5.91. The first-order valence-electron chi connectivity index (χ1n) is 11.1. The van der Waals surface area contributed by atoms with Crippen molar-refractivity contribution < 1.29 is 19.4 Å². The number of ether oxygens (including phenoxy) is 1. The van der Waals surface area contributed by atoms with E-state index in [-0.39, 0.29) is 11.8 Å². The van der Waals surface area contributed by atoms with Crippen LogP contribution in [0.15, 0.2) is 72.8 Å². The molecule has 170 valence electrons. The maximum atomic E-state index is 12.8. The highest BCUT2D eigenvalue weighted by Gasteiger charge is 2.27. The predicted molar refractivity (Wildman–Crippen MR) is 127 cm³/mol. The Morgan fingerprint density at radius 1 is 1.03 bits per heavy atom. The molecule has 0 bridgehead atoms. The molecular weight excluding hydrogens is 416 g/mol. The summed E-state index contributed by atoms with van der Waals surface area (Å²) in [5.41, 5.74) is 4.42. The van der Waals surface area contributed by atoms with Crippen molar-refractivity contribution in [2.24, 2.45) is 0 Å². The monoisotopic (exact) mass is 444 g/mol. The van der Waals surface area contributed by atoms with E-state index in [1.807, 2.05) is 48.5 Å². The lowest BCUT2D eigenvalue weighted by Gasteiger charge is -2.31. The summed E-state index contributed by atoms with van der Waals surface area (Å²) in [6, 6.07) is 22.5. The van der Waals surface area contributed by atoms with Crippen molar-refractivity contribution in [2.75, 3.05) is 19.0 Å². The maximum absolute atomic E-state index is 12.8. The Hall–Kier alpha value is -3.64. The van der Waals surface area contributed by atoms with Crippen molar-refractivity contribution in [3.63, 3.8) is 0 Å². The molecule has 6 heteroatoms. The molecule has 0 aliphatic carbocycles. The van der Waals surface area contributed by atoms with E-state index in [4.69, 9.17) is 4.74 Å². The SMILES string of the molecule is COc1ccccc1CCC(=O)Nc1ccc2c(c1)CN(C(=O)[C@@H](O)c1ccccc1)CC2. The molecule has 0 saturated heterocycles. The van der Waals surface area contributed by atoms with Crippen LogP contribution in [0, 0.1) is 0 Å². The van der Waals surface area contributed by atoms with Gasteiger partial charge in [-0.15, -0.1) is 0 Å². The van der Waals surface area contributed by atoms with Gasteiger partial charge in [0.15, 0.2) is 6.10 Å². The number of benzene rings is 3. The molecule has 1 aliphatic rings. The first-order valence-corrected chi connectivity index (χ1v) is 11.1. The Morgan fingerprint density at radius 2 is 1.79 bits per heavy atom. The standard InChI is InChI=1S/C27H28N2O4/c1-33-24-10-6-5-7-20(24)12-14-25(30)28-23-13-11-19-15-16-29(18-22(19)17-23)27(32)26(31)21-8-3-2-4-9-21/h2-11,13,17,26,31H,12,14-16,18H2,1H3,(H,28,30)/t26-/m0/s1. The topological polar surface area (TPSA) is 78.9 Å². The minimum atomic E-state index is -1.18. The summed E-state index contributed by atoms with van der Waals surface area (Å²) in [6.07, 6.45) is 0.460. The number of aryl methyl sites for hydroxylation is 1. The quantitative estimate of drug-likeness (QED) is 0.580. The fourth-order valence-corrected chi connectivity index (χ4v) is 4.15. The second-order valence-corrected chi connectivity index (χ2v) is 8.17. The van der Waals surface area contributed by atoms with Gasteiger partial charge in [-0.2, -0.15) is 0 Å². The molecule has 33 heavy (non-hydrogen) atoms. The van der Waals surface area contributed by atoms with E-state index in [1.165, 1.54) is 0 Å². The Balaban J connectivity index is 1.38. The van der Waals surface area contributed by atoms with Gasteiger partial charge >= 0.3 is 0 Å². The number of hydrogen-bond donors (Lipinski definition) is 2. The predicted octanol–water partition coefficient (Wildman–Crippen LogP) is 3.88. The maximum Gasteiger partial charge on any atom is 0.256 e. The van der Waals surface area contributed by atoms with Crippen LogP contribution in [-0.4, -0.2) is 35.5 Å². The molecule has 2 N–H and O–H groups in total. The van der Waals surface area contributed by atoms with Crippen LogP contribution >= 0.6 is 0 Å². The van der Waals surface area contributed by atoms with Gasteiger partial charge in [-0.1, -0.05) is 54.6 Å². The van der Waals surface area contributed by atoms with Crippen LogP contribution in [0.3, 0.4) is 0 Å². The summed E-state index contributed by atoms with van der Waals surface area (Å²) in [7, 11) is 1.62. The summed E-state index contributed by atoms with van der Waals surface area (Å²) in [5.74, 6) is 0.392. The van der Waals surface area contributed by atoms with Crippen molar-refractivity contribution >= 4 is 17.5 Å². The molecule has 4 rings (SSSR count). The number of carbonyl (C=O) groups is 2. The summed E-state index contributed by atoms with van der Waals surface area (Å²) in [5, 5.41) is 13.5. The summed E-state index contributed by atoms with van der Waals surface area (Å²) in [4.78, 5) is 27.0. The van der Waals surface area contributed by atoms with Crippen LogP contribution in [0.25, 0.3) is 0 Å². The van der Waals surface area contributed by atoms with Gasteiger partial charge in [0, 0.05) is 25.2 Å². The molecule has 0 fully saturated rings. The Morgan fingerprint density at radius 3 is 2.58 bits per heavy atom. The Labute approximate surface area is 193 Å². The number of carbonyl (C=O) groups excluding carboxylic acids is 2. The van der Waals surface area contributed by atoms with Gasteiger partial charge in [-0.05, 0) is 53.3 Å². The smallest absolute Gasteiger partial charge is 0.256 e. The average molecular weight is 445 g/mol. The second-order valence-electron chi connectivity index (χ2n) is 8.17. The number of fused-ring (bicyclic) bond motifs is 1. The molecule has 0 unspecified atom stereocenters. The summed E-state index contributed by atoms with van der Waals surface area (Å²) in [6.45, 7) is 0.962. The lowest BCUT2D eigenvalue weighted by atomic mass is 9.98. The van der Waals surface area contributed by atoms with E-state index < -0.39 is 6.10 Å². The molecule has 0 saturated carbocycles. The van der Waals surface area contributed by atoms with Gasteiger partial charge in [0.05, 0.1) is 7.11 Å². The molecule has 1 heterocycles. The van der Waals surface area contributed by atoms with Crippen LogP contribution < -0.4 is 10.1 Å². The van der Waals surface area contributed by atoms with Crippen molar-refractivity contribution in [3.05, 3.63) is 95.1 Å². The lowest BCUT2D eigenvalue weighted by molar-refractivity contribution is -0.141. The minimum Gasteiger partial charge on any atom is -0.496 e. The zero-order valence-electron chi connectivity index (χ0n) is 18.7. The van der Waals surface area contributed by atoms with Gasteiger partial charge in [0.1, 0.15) is 5.75 Å². The normalized spacial score (nSPS) is 13.7. The number of aliphatic hydroxyl groups excluding tert-OH is 1. The number of nitrogens with one attached hydrogen (secondary N) is 1. The van der Waals surface area contributed by atoms with Crippen molar-refractivity contribution in [1.82, 2.24) is 4.90 Å². The van der Waals surface area contributed by atoms with E-state index in [0.717, 1.165) is 22.4 Å². The molecule has 1 aliphatic heterocycles. The molecule has 2 amide bonds. The van der Waals surface area contributed by atoms with Crippen LogP contribution in [-0.2, 0) is 29.0 Å². The third kappa shape index (κ3) is 5.41. The molecule has 0 spiro atoms. The van der Waals surface area contributed by atoms with Gasteiger partial charge in [0.25, 0.3) is 5.91 Å². The number of anilines is 1. The number of para-hydroxylation sites is 1. The molecule has 0 aromatic heterocycles.